The lowest BCUT2D eigenvalue weighted by atomic mass is 10.2. The SMILES string of the molecule is Nc1cc(C(=O)Nc2cc(Cl)ccc2F)ccn1. The van der Waals surface area contributed by atoms with Crippen LogP contribution in [0.4, 0.5) is 15.9 Å². The van der Waals surface area contributed by atoms with Gasteiger partial charge in [-0.1, -0.05) is 11.6 Å². The van der Waals surface area contributed by atoms with Crippen LogP contribution in [0, 0.1) is 5.82 Å². The summed E-state index contributed by atoms with van der Waals surface area (Å²) < 4.78 is 13.4. The molecule has 0 atom stereocenters. The monoisotopic (exact) mass is 265 g/mol. The fourth-order valence-corrected chi connectivity index (χ4v) is 1.55. The van der Waals surface area contributed by atoms with Crippen molar-refractivity contribution < 1.29 is 9.18 Å². The number of nitrogen functional groups attached to an aromatic ring is 1. The molecule has 4 nitrogen and oxygen atoms in total. The molecule has 0 unspecified atom stereocenters. The van der Waals surface area contributed by atoms with Crippen LogP contribution >= 0.6 is 11.6 Å². The molecule has 0 fully saturated rings. The maximum atomic E-state index is 13.4. The molecule has 6 heteroatoms. The van der Waals surface area contributed by atoms with Crippen molar-refractivity contribution >= 4 is 29.0 Å². The molecule has 0 aliphatic carbocycles. The maximum absolute atomic E-state index is 13.4. The number of pyridine rings is 1. The minimum Gasteiger partial charge on any atom is -0.384 e. The number of halogens is 2. The number of anilines is 2. The van der Waals surface area contributed by atoms with Crippen molar-refractivity contribution in [2.75, 3.05) is 11.1 Å². The summed E-state index contributed by atoms with van der Waals surface area (Å²) in [6, 6.07) is 6.79. The van der Waals surface area contributed by atoms with Crippen molar-refractivity contribution in [3.63, 3.8) is 0 Å². The number of carbonyl (C=O) groups excluding carboxylic acids is 1. The van der Waals surface area contributed by atoms with Gasteiger partial charge in [-0.05, 0) is 30.3 Å². The molecule has 2 rings (SSSR count). The van der Waals surface area contributed by atoms with Gasteiger partial charge in [0.1, 0.15) is 11.6 Å². The highest BCUT2D eigenvalue weighted by Gasteiger charge is 2.10. The summed E-state index contributed by atoms with van der Waals surface area (Å²) in [6.45, 7) is 0. The molecule has 0 aliphatic heterocycles. The van der Waals surface area contributed by atoms with Crippen molar-refractivity contribution in [2.24, 2.45) is 0 Å². The fraction of sp³-hybridized carbons (Fsp3) is 0. The maximum Gasteiger partial charge on any atom is 0.255 e. The molecule has 1 heterocycles. The largest absolute Gasteiger partial charge is 0.384 e. The molecule has 0 spiro atoms. The normalized spacial score (nSPS) is 10.1. The molecular weight excluding hydrogens is 257 g/mol. The zero-order valence-electron chi connectivity index (χ0n) is 9.15. The van der Waals surface area contributed by atoms with E-state index in [-0.39, 0.29) is 11.5 Å². The highest BCUT2D eigenvalue weighted by Crippen LogP contribution is 2.20. The molecule has 0 saturated carbocycles. The standard InChI is InChI=1S/C12H9ClFN3O/c13-8-1-2-9(14)10(6-8)17-12(18)7-3-4-16-11(15)5-7/h1-6H,(H2,15,16)(H,17,18). The summed E-state index contributed by atoms with van der Waals surface area (Å²) >= 11 is 5.72. The van der Waals surface area contributed by atoms with Crippen molar-refractivity contribution in [1.29, 1.82) is 0 Å². The van der Waals surface area contributed by atoms with Gasteiger partial charge >= 0.3 is 0 Å². The van der Waals surface area contributed by atoms with Crippen molar-refractivity contribution in [3.8, 4) is 0 Å². The molecule has 2 aromatic rings. The van der Waals surface area contributed by atoms with Gasteiger partial charge in [0.2, 0.25) is 0 Å². The van der Waals surface area contributed by atoms with Gasteiger partial charge in [-0.3, -0.25) is 4.79 Å². The van der Waals surface area contributed by atoms with Crippen molar-refractivity contribution in [3.05, 3.63) is 52.9 Å². The third kappa shape index (κ3) is 2.75. The predicted octanol–water partition coefficient (Wildman–Crippen LogP) is 2.71. The van der Waals surface area contributed by atoms with E-state index in [1.54, 1.807) is 0 Å². The number of nitrogens with two attached hydrogens (primary N) is 1. The highest BCUT2D eigenvalue weighted by atomic mass is 35.5. The molecule has 0 aliphatic rings. The summed E-state index contributed by atoms with van der Waals surface area (Å²) in [5.41, 5.74) is 5.77. The number of benzene rings is 1. The molecule has 1 amide bonds. The van der Waals surface area contributed by atoms with Crippen LogP contribution in [0.5, 0.6) is 0 Å². The summed E-state index contributed by atoms with van der Waals surface area (Å²) in [5.74, 6) is -0.825. The average Bonchev–Trinajstić information content (AvgIpc) is 2.34. The number of nitrogens with one attached hydrogen (secondary N) is 1. The second-order valence-electron chi connectivity index (χ2n) is 3.55. The van der Waals surface area contributed by atoms with Gasteiger partial charge in [0.05, 0.1) is 5.69 Å². The molecule has 1 aromatic heterocycles. The Kier molecular flexibility index (Phi) is 3.43. The minimum absolute atomic E-state index is 0.0166. The van der Waals surface area contributed by atoms with E-state index in [1.807, 2.05) is 0 Å². The van der Waals surface area contributed by atoms with Gasteiger partial charge in [0.25, 0.3) is 5.91 Å². The van der Waals surface area contributed by atoms with Crippen molar-refractivity contribution in [2.45, 2.75) is 0 Å². The van der Waals surface area contributed by atoms with Crippen LogP contribution in [0.3, 0.4) is 0 Å². The number of carbonyl (C=O) groups is 1. The van der Waals surface area contributed by atoms with E-state index in [9.17, 15) is 9.18 Å². The zero-order chi connectivity index (χ0) is 13.1. The van der Waals surface area contributed by atoms with Crippen LogP contribution in [0.1, 0.15) is 10.4 Å². The van der Waals surface area contributed by atoms with Crippen LogP contribution in [0.15, 0.2) is 36.5 Å². The first kappa shape index (κ1) is 12.3. The van der Waals surface area contributed by atoms with Crippen LogP contribution < -0.4 is 11.1 Å². The smallest absolute Gasteiger partial charge is 0.255 e. The van der Waals surface area contributed by atoms with Gasteiger partial charge < -0.3 is 11.1 Å². The Hall–Kier alpha value is -2.14. The van der Waals surface area contributed by atoms with Gasteiger partial charge in [0, 0.05) is 16.8 Å². The molecule has 0 saturated heterocycles. The summed E-state index contributed by atoms with van der Waals surface area (Å²) in [4.78, 5) is 15.6. The molecule has 0 radical (unpaired) electrons. The number of hydrogen-bond donors (Lipinski definition) is 2. The Labute approximate surface area is 108 Å². The lowest BCUT2D eigenvalue weighted by molar-refractivity contribution is 0.102. The Balaban J connectivity index is 2.24. The average molecular weight is 266 g/mol. The highest BCUT2D eigenvalue weighted by molar-refractivity contribution is 6.31. The van der Waals surface area contributed by atoms with E-state index in [0.29, 0.717) is 10.6 Å². The Bertz CT molecular complexity index is 604. The predicted molar refractivity (Wildman–Crippen MR) is 68.0 cm³/mol. The molecule has 92 valence electrons. The van der Waals surface area contributed by atoms with E-state index in [1.165, 1.54) is 36.5 Å². The zero-order valence-corrected chi connectivity index (χ0v) is 9.91. The van der Waals surface area contributed by atoms with E-state index < -0.39 is 11.7 Å². The van der Waals surface area contributed by atoms with Gasteiger partial charge in [-0.2, -0.15) is 0 Å². The third-order valence-electron chi connectivity index (χ3n) is 2.22. The Morgan fingerprint density at radius 1 is 1.33 bits per heavy atom. The summed E-state index contributed by atoms with van der Waals surface area (Å²) in [5, 5.41) is 2.75. The number of hydrogen-bond acceptors (Lipinski definition) is 3. The van der Waals surface area contributed by atoms with E-state index in [4.69, 9.17) is 17.3 Å². The first-order valence-electron chi connectivity index (χ1n) is 5.04. The van der Waals surface area contributed by atoms with Gasteiger partial charge in [-0.15, -0.1) is 0 Å². The Morgan fingerprint density at radius 2 is 2.11 bits per heavy atom. The molecule has 0 bridgehead atoms. The fourth-order valence-electron chi connectivity index (χ4n) is 1.38. The number of aromatic nitrogens is 1. The molecular formula is C12H9ClFN3O. The molecule has 3 N–H and O–H groups in total. The Morgan fingerprint density at radius 3 is 2.83 bits per heavy atom. The van der Waals surface area contributed by atoms with E-state index in [0.717, 1.165) is 0 Å². The minimum atomic E-state index is -0.560. The lowest BCUT2D eigenvalue weighted by Crippen LogP contribution is -2.13. The van der Waals surface area contributed by atoms with Crippen molar-refractivity contribution in [1.82, 2.24) is 4.98 Å². The van der Waals surface area contributed by atoms with Crippen LogP contribution in [0.25, 0.3) is 0 Å². The third-order valence-corrected chi connectivity index (χ3v) is 2.45. The van der Waals surface area contributed by atoms with Gasteiger partial charge in [-0.25, -0.2) is 9.37 Å². The molecule has 18 heavy (non-hydrogen) atoms. The summed E-state index contributed by atoms with van der Waals surface area (Å²) in [6.07, 6.45) is 1.40. The number of rotatable bonds is 2. The van der Waals surface area contributed by atoms with E-state index >= 15 is 0 Å². The quantitative estimate of drug-likeness (QED) is 0.877. The second kappa shape index (κ2) is 5.01. The summed E-state index contributed by atoms with van der Waals surface area (Å²) in [7, 11) is 0. The van der Waals surface area contributed by atoms with Crippen LogP contribution in [0.2, 0.25) is 5.02 Å². The number of amides is 1. The first-order valence-corrected chi connectivity index (χ1v) is 5.42. The van der Waals surface area contributed by atoms with Gasteiger partial charge in [0.15, 0.2) is 0 Å². The van der Waals surface area contributed by atoms with Crippen LogP contribution in [-0.4, -0.2) is 10.9 Å². The molecule has 1 aromatic carbocycles. The first-order chi connectivity index (χ1) is 8.56. The topological polar surface area (TPSA) is 68.0 Å². The van der Waals surface area contributed by atoms with E-state index in [2.05, 4.69) is 10.3 Å². The number of nitrogens with zero attached hydrogens (tertiary/aromatic N) is 1. The van der Waals surface area contributed by atoms with Crippen LogP contribution in [-0.2, 0) is 0 Å². The second-order valence-corrected chi connectivity index (χ2v) is 3.98. The lowest BCUT2D eigenvalue weighted by Gasteiger charge is -2.07.